The van der Waals surface area contributed by atoms with Gasteiger partial charge in [0.05, 0.1) is 5.69 Å². The van der Waals surface area contributed by atoms with Crippen LogP contribution < -0.4 is 5.73 Å². The number of aromatic nitrogens is 4. The molecule has 3 aromatic rings. The van der Waals surface area contributed by atoms with E-state index in [2.05, 4.69) is 15.3 Å². The highest BCUT2D eigenvalue weighted by molar-refractivity contribution is 5.48. The molecular weight excluding hydrogens is 226 g/mol. The van der Waals surface area contributed by atoms with E-state index in [4.69, 9.17) is 5.73 Å². The molecule has 18 heavy (non-hydrogen) atoms. The Hall–Kier alpha value is -2.43. The van der Waals surface area contributed by atoms with Crippen LogP contribution in [0.15, 0.2) is 36.4 Å². The van der Waals surface area contributed by atoms with E-state index in [9.17, 15) is 0 Å². The molecule has 2 aromatic heterocycles. The van der Waals surface area contributed by atoms with Crippen molar-refractivity contribution in [3.05, 3.63) is 53.5 Å². The van der Waals surface area contributed by atoms with Crippen molar-refractivity contribution in [1.82, 2.24) is 19.8 Å². The van der Waals surface area contributed by atoms with Gasteiger partial charge in [0.2, 0.25) is 0 Å². The first-order valence-electron chi connectivity index (χ1n) is 5.75. The van der Waals surface area contributed by atoms with Crippen LogP contribution in [0.3, 0.4) is 0 Å². The monoisotopic (exact) mass is 239 g/mol. The van der Waals surface area contributed by atoms with Crippen molar-refractivity contribution >= 4 is 11.3 Å². The molecule has 90 valence electrons. The molecule has 5 heteroatoms. The minimum Gasteiger partial charge on any atom is -0.398 e. The molecule has 3 rings (SSSR count). The first-order chi connectivity index (χ1) is 8.74. The molecule has 2 heterocycles. The zero-order valence-corrected chi connectivity index (χ0v) is 10.0. The number of hydrogen-bond donors (Lipinski definition) is 1. The molecule has 0 amide bonds. The lowest BCUT2D eigenvalue weighted by molar-refractivity contribution is 0.821. The van der Waals surface area contributed by atoms with Gasteiger partial charge in [-0.25, -0.2) is 0 Å². The van der Waals surface area contributed by atoms with Crippen LogP contribution >= 0.6 is 0 Å². The Morgan fingerprint density at radius 1 is 1.11 bits per heavy atom. The number of nitrogen functional groups attached to an aromatic ring is 1. The van der Waals surface area contributed by atoms with Crippen LogP contribution in [-0.2, 0) is 6.42 Å². The molecule has 2 N–H and O–H groups in total. The van der Waals surface area contributed by atoms with Gasteiger partial charge in [0, 0.05) is 12.1 Å². The lowest BCUT2D eigenvalue weighted by Gasteiger charge is -2.03. The fourth-order valence-electron chi connectivity index (χ4n) is 1.90. The maximum Gasteiger partial charge on any atom is 0.177 e. The van der Waals surface area contributed by atoms with Crippen molar-refractivity contribution in [3.8, 4) is 0 Å². The van der Waals surface area contributed by atoms with Crippen molar-refractivity contribution in [3.63, 3.8) is 0 Å². The second kappa shape index (κ2) is 4.10. The zero-order chi connectivity index (χ0) is 12.5. The summed E-state index contributed by atoms with van der Waals surface area (Å²) in [6, 6.07) is 11.6. The van der Waals surface area contributed by atoms with Crippen molar-refractivity contribution in [2.75, 3.05) is 5.73 Å². The van der Waals surface area contributed by atoms with E-state index in [1.165, 1.54) is 0 Å². The third kappa shape index (κ3) is 1.79. The molecule has 0 unspecified atom stereocenters. The summed E-state index contributed by atoms with van der Waals surface area (Å²) in [5.41, 5.74) is 9.43. The van der Waals surface area contributed by atoms with Crippen LogP contribution in [0.1, 0.15) is 17.1 Å². The molecule has 0 spiro atoms. The Kier molecular flexibility index (Phi) is 2.44. The van der Waals surface area contributed by atoms with Gasteiger partial charge < -0.3 is 5.73 Å². The van der Waals surface area contributed by atoms with E-state index < -0.39 is 0 Å². The van der Waals surface area contributed by atoms with Gasteiger partial charge in [0.25, 0.3) is 0 Å². The van der Waals surface area contributed by atoms with E-state index in [1.54, 1.807) is 4.52 Å². The molecule has 0 aliphatic heterocycles. The summed E-state index contributed by atoms with van der Waals surface area (Å²) in [5.74, 6) is 0.798. The smallest absolute Gasteiger partial charge is 0.177 e. The Labute approximate surface area is 104 Å². The lowest BCUT2D eigenvalue weighted by Crippen LogP contribution is -2.03. The van der Waals surface area contributed by atoms with Crippen LogP contribution in [-0.4, -0.2) is 19.8 Å². The van der Waals surface area contributed by atoms with E-state index in [0.29, 0.717) is 6.42 Å². The number of benzene rings is 1. The Bertz CT molecular complexity index is 701. The van der Waals surface area contributed by atoms with Crippen molar-refractivity contribution in [1.29, 1.82) is 0 Å². The minimum atomic E-state index is 0.629. The van der Waals surface area contributed by atoms with Crippen LogP contribution in [0.4, 0.5) is 5.69 Å². The van der Waals surface area contributed by atoms with Crippen molar-refractivity contribution < 1.29 is 0 Å². The first kappa shape index (κ1) is 10.7. The quantitative estimate of drug-likeness (QED) is 0.690. The summed E-state index contributed by atoms with van der Waals surface area (Å²) in [5, 5.41) is 12.7. The highest BCUT2D eigenvalue weighted by Crippen LogP contribution is 2.15. The summed E-state index contributed by atoms with van der Waals surface area (Å²) in [7, 11) is 0. The maximum absolute atomic E-state index is 5.93. The predicted molar refractivity (Wildman–Crippen MR) is 69.2 cm³/mol. The van der Waals surface area contributed by atoms with Gasteiger partial charge in [-0.2, -0.15) is 9.61 Å². The van der Waals surface area contributed by atoms with E-state index >= 15 is 0 Å². The van der Waals surface area contributed by atoms with Crippen LogP contribution in [0, 0.1) is 6.92 Å². The maximum atomic E-state index is 5.93. The molecule has 5 nitrogen and oxygen atoms in total. The normalized spacial score (nSPS) is 10.9. The van der Waals surface area contributed by atoms with Gasteiger partial charge in [0.1, 0.15) is 0 Å². The molecule has 0 atom stereocenters. The summed E-state index contributed by atoms with van der Waals surface area (Å²) < 4.78 is 1.77. The molecule has 0 bridgehead atoms. The highest BCUT2D eigenvalue weighted by Gasteiger charge is 2.09. The largest absolute Gasteiger partial charge is 0.398 e. The molecular formula is C13H13N5. The van der Waals surface area contributed by atoms with Gasteiger partial charge in [-0.1, -0.05) is 18.2 Å². The van der Waals surface area contributed by atoms with Gasteiger partial charge in [-0.3, -0.25) is 0 Å². The number of nitrogens with zero attached hydrogens (tertiary/aromatic N) is 4. The van der Waals surface area contributed by atoms with Crippen LogP contribution in [0.2, 0.25) is 0 Å². The Morgan fingerprint density at radius 2 is 1.94 bits per heavy atom. The van der Waals surface area contributed by atoms with E-state index in [0.717, 1.165) is 28.4 Å². The molecule has 0 aliphatic carbocycles. The van der Waals surface area contributed by atoms with Crippen molar-refractivity contribution in [2.45, 2.75) is 13.3 Å². The molecule has 0 saturated heterocycles. The minimum absolute atomic E-state index is 0.629. The fourth-order valence-corrected chi connectivity index (χ4v) is 1.90. The standard InChI is InChI=1S/C13H13N5/c1-9-6-7-12-15-16-13(18(12)17-9)8-10-4-2-3-5-11(10)14/h2-7H,8,14H2,1H3. The summed E-state index contributed by atoms with van der Waals surface area (Å²) in [6.45, 7) is 1.94. The van der Waals surface area contributed by atoms with Crippen LogP contribution in [0.5, 0.6) is 0 Å². The number of anilines is 1. The number of nitrogens with two attached hydrogens (primary N) is 1. The summed E-state index contributed by atoms with van der Waals surface area (Å²) in [4.78, 5) is 0. The zero-order valence-electron chi connectivity index (χ0n) is 10.0. The molecule has 0 fully saturated rings. The Balaban J connectivity index is 2.05. The topological polar surface area (TPSA) is 69.1 Å². The third-order valence-corrected chi connectivity index (χ3v) is 2.86. The Morgan fingerprint density at radius 3 is 2.78 bits per heavy atom. The third-order valence-electron chi connectivity index (χ3n) is 2.86. The fraction of sp³-hybridized carbons (Fsp3) is 0.154. The summed E-state index contributed by atoms with van der Waals surface area (Å²) >= 11 is 0. The number of para-hydroxylation sites is 1. The number of fused-ring (bicyclic) bond motifs is 1. The molecule has 0 aliphatic rings. The second-order valence-corrected chi connectivity index (χ2v) is 4.24. The van der Waals surface area contributed by atoms with Gasteiger partial charge in [-0.15, -0.1) is 10.2 Å². The average molecular weight is 239 g/mol. The summed E-state index contributed by atoms with van der Waals surface area (Å²) in [6.07, 6.45) is 0.629. The van der Waals surface area contributed by atoms with Gasteiger partial charge >= 0.3 is 0 Å². The van der Waals surface area contributed by atoms with Crippen molar-refractivity contribution in [2.24, 2.45) is 0 Å². The van der Waals surface area contributed by atoms with Crippen LogP contribution in [0.25, 0.3) is 5.65 Å². The second-order valence-electron chi connectivity index (χ2n) is 4.24. The highest BCUT2D eigenvalue weighted by atomic mass is 15.4. The molecule has 0 radical (unpaired) electrons. The predicted octanol–water partition coefficient (Wildman–Crippen LogP) is 1.61. The van der Waals surface area contributed by atoms with Gasteiger partial charge in [0.15, 0.2) is 11.5 Å². The number of aryl methyl sites for hydroxylation is 1. The number of hydrogen-bond acceptors (Lipinski definition) is 4. The van der Waals surface area contributed by atoms with Gasteiger partial charge in [-0.05, 0) is 30.7 Å². The lowest BCUT2D eigenvalue weighted by atomic mass is 10.1. The molecule has 0 saturated carbocycles. The number of rotatable bonds is 2. The van der Waals surface area contributed by atoms with E-state index in [-0.39, 0.29) is 0 Å². The van der Waals surface area contributed by atoms with E-state index in [1.807, 2.05) is 43.3 Å². The first-order valence-corrected chi connectivity index (χ1v) is 5.75. The average Bonchev–Trinajstić information content (AvgIpc) is 2.75. The molecule has 1 aromatic carbocycles. The SMILES string of the molecule is Cc1ccc2nnc(Cc3ccccc3N)n2n1.